The summed E-state index contributed by atoms with van der Waals surface area (Å²) >= 11 is 0. The molecular weight excluding hydrogens is 168 g/mol. The van der Waals surface area contributed by atoms with Crippen molar-refractivity contribution in [2.45, 2.75) is 38.7 Å². The van der Waals surface area contributed by atoms with E-state index in [0.717, 1.165) is 6.42 Å². The summed E-state index contributed by atoms with van der Waals surface area (Å²) in [5, 5.41) is 18.3. The Labute approximate surface area is 78.1 Å². The minimum absolute atomic E-state index is 0.473. The molecule has 0 bridgehead atoms. The first-order valence-electron chi connectivity index (χ1n) is 4.63. The third-order valence-electron chi connectivity index (χ3n) is 2.73. The van der Waals surface area contributed by atoms with Crippen LogP contribution in [0.15, 0.2) is 12.2 Å². The average Bonchev–Trinajstić information content (AvgIpc) is 2.06. The van der Waals surface area contributed by atoms with E-state index in [-0.39, 0.29) is 0 Å². The summed E-state index contributed by atoms with van der Waals surface area (Å²) in [6, 6.07) is 0. The van der Waals surface area contributed by atoms with Gasteiger partial charge in [-0.2, -0.15) is 0 Å². The number of carboxylic acids is 1. The molecule has 1 rings (SSSR count). The fourth-order valence-electron chi connectivity index (χ4n) is 1.56. The van der Waals surface area contributed by atoms with Crippen LogP contribution in [0.1, 0.15) is 32.6 Å². The number of aliphatic carboxylic acids is 1. The Hall–Kier alpha value is -0.830. The molecule has 0 radical (unpaired) electrons. The molecule has 1 aliphatic carbocycles. The van der Waals surface area contributed by atoms with E-state index in [2.05, 4.69) is 0 Å². The van der Waals surface area contributed by atoms with E-state index in [1.807, 2.05) is 6.08 Å². The predicted octanol–water partition coefficient (Wildman–Crippen LogP) is 1.57. The van der Waals surface area contributed by atoms with E-state index in [1.54, 1.807) is 13.0 Å². The Morgan fingerprint density at radius 3 is 2.85 bits per heavy atom. The zero-order valence-electron chi connectivity index (χ0n) is 7.86. The highest BCUT2D eigenvalue weighted by Gasteiger charge is 2.32. The van der Waals surface area contributed by atoms with Gasteiger partial charge in [-0.25, -0.2) is 0 Å². The fourth-order valence-corrected chi connectivity index (χ4v) is 1.56. The van der Waals surface area contributed by atoms with Crippen LogP contribution in [0, 0.1) is 5.41 Å². The number of rotatable bonds is 1. The molecule has 0 amide bonds. The van der Waals surface area contributed by atoms with Gasteiger partial charge in [0.25, 0.3) is 0 Å². The predicted molar refractivity (Wildman–Crippen MR) is 49.4 cm³/mol. The lowest BCUT2D eigenvalue weighted by Gasteiger charge is -2.26. The Morgan fingerprint density at radius 2 is 2.23 bits per heavy atom. The second-order valence-corrected chi connectivity index (χ2v) is 3.94. The van der Waals surface area contributed by atoms with Crippen molar-refractivity contribution in [1.29, 1.82) is 0 Å². The number of allylic oxidation sites excluding steroid dienone is 1. The van der Waals surface area contributed by atoms with Crippen molar-refractivity contribution in [3.05, 3.63) is 12.2 Å². The van der Waals surface area contributed by atoms with Gasteiger partial charge in [-0.15, -0.1) is 0 Å². The first-order valence-corrected chi connectivity index (χ1v) is 4.63. The number of aliphatic hydroxyl groups is 1. The lowest BCUT2D eigenvalue weighted by atomic mass is 9.79. The van der Waals surface area contributed by atoms with Gasteiger partial charge in [0.2, 0.25) is 0 Å². The van der Waals surface area contributed by atoms with Crippen molar-refractivity contribution < 1.29 is 15.0 Å². The second kappa shape index (κ2) is 3.92. The van der Waals surface area contributed by atoms with E-state index in [0.29, 0.717) is 19.3 Å². The maximum absolute atomic E-state index is 10.9. The van der Waals surface area contributed by atoms with Crippen LogP contribution in [0.25, 0.3) is 0 Å². The smallest absolute Gasteiger partial charge is 0.309 e. The first-order chi connectivity index (χ1) is 6.04. The monoisotopic (exact) mass is 184 g/mol. The largest absolute Gasteiger partial charge is 0.481 e. The fraction of sp³-hybridized carbons (Fsp3) is 0.700. The minimum atomic E-state index is -0.755. The summed E-state index contributed by atoms with van der Waals surface area (Å²) in [6.45, 7) is 1.75. The van der Waals surface area contributed by atoms with Crippen molar-refractivity contribution in [2.75, 3.05) is 0 Å². The molecule has 2 N–H and O–H groups in total. The molecule has 1 aliphatic rings. The van der Waals surface area contributed by atoms with Gasteiger partial charge in [-0.1, -0.05) is 12.2 Å². The first kappa shape index (κ1) is 10.3. The topological polar surface area (TPSA) is 57.5 Å². The van der Waals surface area contributed by atoms with E-state index in [9.17, 15) is 9.90 Å². The van der Waals surface area contributed by atoms with Crippen LogP contribution in [-0.2, 0) is 4.79 Å². The van der Waals surface area contributed by atoms with Gasteiger partial charge in [0.05, 0.1) is 11.5 Å². The zero-order chi connectivity index (χ0) is 9.90. The molecule has 0 aliphatic heterocycles. The van der Waals surface area contributed by atoms with Crippen molar-refractivity contribution >= 4 is 5.97 Å². The molecule has 0 heterocycles. The van der Waals surface area contributed by atoms with E-state index in [4.69, 9.17) is 5.11 Å². The molecule has 13 heavy (non-hydrogen) atoms. The number of hydrogen-bond donors (Lipinski definition) is 2. The number of aliphatic hydroxyl groups excluding tert-OH is 1. The Morgan fingerprint density at radius 1 is 1.54 bits per heavy atom. The van der Waals surface area contributed by atoms with Crippen LogP contribution in [0.2, 0.25) is 0 Å². The number of hydrogen-bond acceptors (Lipinski definition) is 2. The lowest BCUT2D eigenvalue weighted by molar-refractivity contribution is -0.149. The van der Waals surface area contributed by atoms with Gasteiger partial charge < -0.3 is 10.2 Å². The molecule has 0 aromatic heterocycles. The molecule has 0 saturated heterocycles. The minimum Gasteiger partial charge on any atom is -0.481 e. The second-order valence-electron chi connectivity index (χ2n) is 3.94. The number of carboxylic acid groups (broad SMARTS) is 1. The molecule has 3 heteroatoms. The van der Waals surface area contributed by atoms with Crippen LogP contribution < -0.4 is 0 Å². The third kappa shape index (κ3) is 2.56. The molecule has 74 valence electrons. The molecule has 3 nitrogen and oxygen atoms in total. The SMILES string of the molecule is CC1(C(=O)O)CC/C=C/[C@H](O)CC1. The Kier molecular flexibility index (Phi) is 3.09. The van der Waals surface area contributed by atoms with E-state index in [1.165, 1.54) is 0 Å². The number of carbonyl (C=O) groups is 1. The van der Waals surface area contributed by atoms with E-state index >= 15 is 0 Å². The summed E-state index contributed by atoms with van der Waals surface area (Å²) in [7, 11) is 0. The summed E-state index contributed by atoms with van der Waals surface area (Å²) in [5.41, 5.74) is -0.661. The van der Waals surface area contributed by atoms with Gasteiger partial charge in [0, 0.05) is 0 Å². The maximum atomic E-state index is 10.9. The van der Waals surface area contributed by atoms with E-state index < -0.39 is 17.5 Å². The summed E-state index contributed by atoms with van der Waals surface area (Å²) < 4.78 is 0. The van der Waals surface area contributed by atoms with Gasteiger partial charge in [0.1, 0.15) is 0 Å². The van der Waals surface area contributed by atoms with Crippen LogP contribution in [0.4, 0.5) is 0 Å². The highest BCUT2D eigenvalue weighted by Crippen LogP contribution is 2.31. The third-order valence-corrected chi connectivity index (χ3v) is 2.73. The molecule has 0 aromatic carbocycles. The highest BCUT2D eigenvalue weighted by molar-refractivity contribution is 5.74. The van der Waals surface area contributed by atoms with Crippen molar-refractivity contribution in [3.63, 3.8) is 0 Å². The summed E-state index contributed by atoms with van der Waals surface area (Å²) in [6.07, 6.45) is 5.63. The lowest BCUT2D eigenvalue weighted by Crippen LogP contribution is -2.29. The molecule has 0 aromatic rings. The maximum Gasteiger partial charge on any atom is 0.309 e. The molecule has 0 fully saturated rings. The molecule has 0 saturated carbocycles. The molecule has 1 unspecified atom stereocenters. The van der Waals surface area contributed by atoms with Crippen molar-refractivity contribution in [2.24, 2.45) is 5.41 Å². The van der Waals surface area contributed by atoms with Gasteiger partial charge in [-0.05, 0) is 32.6 Å². The quantitative estimate of drug-likeness (QED) is 0.608. The molecule has 2 atom stereocenters. The molecule has 0 spiro atoms. The van der Waals surface area contributed by atoms with Gasteiger partial charge >= 0.3 is 5.97 Å². The normalized spacial score (nSPS) is 37.5. The summed E-state index contributed by atoms with van der Waals surface area (Å²) in [5.74, 6) is -0.755. The zero-order valence-corrected chi connectivity index (χ0v) is 7.86. The Balaban J connectivity index is 2.68. The highest BCUT2D eigenvalue weighted by atomic mass is 16.4. The Bertz CT molecular complexity index is 222. The van der Waals surface area contributed by atoms with Crippen LogP contribution in [0.3, 0.4) is 0 Å². The van der Waals surface area contributed by atoms with Crippen molar-refractivity contribution in [1.82, 2.24) is 0 Å². The summed E-state index contributed by atoms with van der Waals surface area (Å²) in [4.78, 5) is 10.9. The van der Waals surface area contributed by atoms with Crippen LogP contribution >= 0.6 is 0 Å². The van der Waals surface area contributed by atoms with Gasteiger partial charge in [0.15, 0.2) is 0 Å². The van der Waals surface area contributed by atoms with Crippen LogP contribution in [0.5, 0.6) is 0 Å². The van der Waals surface area contributed by atoms with Gasteiger partial charge in [-0.3, -0.25) is 4.79 Å². The molecular formula is C10H16O3. The van der Waals surface area contributed by atoms with Crippen LogP contribution in [-0.4, -0.2) is 22.3 Å². The van der Waals surface area contributed by atoms with Crippen molar-refractivity contribution in [3.8, 4) is 0 Å². The average molecular weight is 184 g/mol. The standard InChI is InChI=1S/C10H16O3/c1-10(9(12)13)6-3-2-4-8(11)5-7-10/h2,4,8,11H,3,5-7H2,1H3,(H,12,13)/b4-2+/t8-,10?/m0/s1.